The molecule has 0 fully saturated rings. The quantitative estimate of drug-likeness (QED) is 0.637. The summed E-state index contributed by atoms with van der Waals surface area (Å²) in [4.78, 5) is 10.5. The molecule has 19 heavy (non-hydrogen) atoms. The van der Waals surface area contributed by atoms with Gasteiger partial charge < -0.3 is 0 Å². The van der Waals surface area contributed by atoms with Crippen molar-refractivity contribution in [1.82, 2.24) is 9.78 Å². The molecule has 0 saturated carbocycles. The van der Waals surface area contributed by atoms with Crippen molar-refractivity contribution >= 4 is 17.3 Å². The van der Waals surface area contributed by atoms with Gasteiger partial charge in [-0.05, 0) is 18.9 Å². The van der Waals surface area contributed by atoms with E-state index in [-0.39, 0.29) is 10.8 Å². The SMILES string of the molecule is CCc1nn(Cc2ccc(C)cc2)c(Cl)c1[N+](=O)[O-]. The maximum Gasteiger partial charge on any atom is 0.329 e. The predicted octanol–water partition coefficient (Wildman–Crippen LogP) is 3.36. The zero-order valence-corrected chi connectivity index (χ0v) is 11.5. The van der Waals surface area contributed by atoms with Crippen LogP contribution < -0.4 is 0 Å². The number of hydrogen-bond donors (Lipinski definition) is 0. The van der Waals surface area contributed by atoms with Gasteiger partial charge in [-0.25, -0.2) is 4.68 Å². The summed E-state index contributed by atoms with van der Waals surface area (Å²) < 4.78 is 1.48. The molecule has 0 aliphatic heterocycles. The molecule has 1 heterocycles. The fraction of sp³-hybridized carbons (Fsp3) is 0.308. The Bertz CT molecular complexity index is 605. The van der Waals surface area contributed by atoms with Gasteiger partial charge >= 0.3 is 5.69 Å². The molecule has 0 N–H and O–H groups in total. The first-order chi connectivity index (χ1) is 9.02. The van der Waals surface area contributed by atoms with E-state index >= 15 is 0 Å². The molecule has 2 aromatic rings. The second-order valence-electron chi connectivity index (χ2n) is 4.34. The Kier molecular flexibility index (Phi) is 3.85. The Labute approximate surface area is 116 Å². The first kappa shape index (κ1) is 13.5. The lowest BCUT2D eigenvalue weighted by Gasteiger charge is -2.03. The molecule has 1 aromatic carbocycles. The van der Waals surface area contributed by atoms with Crippen LogP contribution in [0.1, 0.15) is 23.7 Å². The maximum atomic E-state index is 11.0. The molecule has 0 saturated heterocycles. The average Bonchev–Trinajstić information content (AvgIpc) is 2.69. The summed E-state index contributed by atoms with van der Waals surface area (Å²) in [5.41, 5.74) is 2.50. The van der Waals surface area contributed by atoms with Gasteiger partial charge in [-0.3, -0.25) is 10.1 Å². The standard InChI is InChI=1S/C13H14ClN3O2/c1-3-11-12(17(18)19)13(14)16(15-11)8-10-6-4-9(2)5-7-10/h4-7H,3,8H2,1-2H3. The van der Waals surface area contributed by atoms with Crippen LogP contribution in [0.5, 0.6) is 0 Å². The number of rotatable bonds is 4. The molecule has 5 nitrogen and oxygen atoms in total. The van der Waals surface area contributed by atoms with Crippen LogP contribution in [0.15, 0.2) is 24.3 Å². The predicted molar refractivity (Wildman–Crippen MR) is 73.6 cm³/mol. The summed E-state index contributed by atoms with van der Waals surface area (Å²) in [5, 5.41) is 15.3. The fourth-order valence-corrected chi connectivity index (χ4v) is 2.14. The second kappa shape index (κ2) is 5.40. The second-order valence-corrected chi connectivity index (χ2v) is 4.70. The van der Waals surface area contributed by atoms with Gasteiger partial charge in [-0.15, -0.1) is 0 Å². The van der Waals surface area contributed by atoms with Gasteiger partial charge in [-0.1, -0.05) is 48.4 Å². The van der Waals surface area contributed by atoms with Gasteiger partial charge in [-0.2, -0.15) is 5.10 Å². The molecular weight excluding hydrogens is 266 g/mol. The Morgan fingerprint density at radius 3 is 2.47 bits per heavy atom. The monoisotopic (exact) mass is 279 g/mol. The average molecular weight is 280 g/mol. The first-order valence-electron chi connectivity index (χ1n) is 5.98. The van der Waals surface area contributed by atoms with E-state index < -0.39 is 4.92 Å². The van der Waals surface area contributed by atoms with Crippen molar-refractivity contribution < 1.29 is 4.92 Å². The molecule has 0 radical (unpaired) electrons. The van der Waals surface area contributed by atoms with Crippen molar-refractivity contribution in [2.45, 2.75) is 26.8 Å². The molecular formula is C13H14ClN3O2. The lowest BCUT2D eigenvalue weighted by molar-refractivity contribution is -0.385. The van der Waals surface area contributed by atoms with Crippen molar-refractivity contribution in [1.29, 1.82) is 0 Å². The number of nitrogens with zero attached hydrogens (tertiary/aromatic N) is 3. The summed E-state index contributed by atoms with van der Waals surface area (Å²) in [6.45, 7) is 4.26. The van der Waals surface area contributed by atoms with Crippen molar-refractivity contribution in [2.75, 3.05) is 0 Å². The molecule has 1 aromatic heterocycles. The van der Waals surface area contributed by atoms with E-state index in [9.17, 15) is 10.1 Å². The van der Waals surface area contributed by atoms with Crippen molar-refractivity contribution in [3.8, 4) is 0 Å². The minimum Gasteiger partial charge on any atom is -0.258 e. The Balaban J connectivity index is 2.35. The van der Waals surface area contributed by atoms with Gasteiger partial charge in [0.05, 0.1) is 11.5 Å². The first-order valence-corrected chi connectivity index (χ1v) is 6.35. The van der Waals surface area contributed by atoms with E-state index in [0.717, 1.165) is 11.1 Å². The smallest absolute Gasteiger partial charge is 0.258 e. The van der Waals surface area contributed by atoms with Crippen molar-refractivity contribution in [3.63, 3.8) is 0 Å². The fourth-order valence-electron chi connectivity index (χ4n) is 1.87. The highest BCUT2D eigenvalue weighted by Gasteiger charge is 2.25. The normalized spacial score (nSPS) is 10.7. The summed E-state index contributed by atoms with van der Waals surface area (Å²) in [5.74, 6) is 0. The minimum absolute atomic E-state index is 0.0856. The molecule has 0 atom stereocenters. The number of aryl methyl sites for hydroxylation is 2. The molecule has 0 aliphatic rings. The molecule has 6 heteroatoms. The highest BCUT2D eigenvalue weighted by Crippen LogP contribution is 2.29. The number of halogens is 1. The third kappa shape index (κ3) is 2.76. The van der Waals surface area contributed by atoms with Gasteiger partial charge in [0.2, 0.25) is 5.15 Å². The highest BCUT2D eigenvalue weighted by atomic mass is 35.5. The van der Waals surface area contributed by atoms with E-state index in [4.69, 9.17) is 11.6 Å². The van der Waals surface area contributed by atoms with Crippen LogP contribution in [0.25, 0.3) is 0 Å². The molecule has 100 valence electrons. The van der Waals surface area contributed by atoms with Crippen LogP contribution in [-0.2, 0) is 13.0 Å². The summed E-state index contributed by atoms with van der Waals surface area (Å²) in [6.07, 6.45) is 0.483. The van der Waals surface area contributed by atoms with Crippen LogP contribution in [0.2, 0.25) is 5.15 Å². The van der Waals surface area contributed by atoms with Gasteiger partial charge in [0.25, 0.3) is 0 Å². The van der Waals surface area contributed by atoms with E-state index in [0.29, 0.717) is 18.7 Å². The molecule has 0 spiro atoms. The summed E-state index contributed by atoms with van der Waals surface area (Å²) >= 11 is 6.04. The molecule has 2 rings (SSSR count). The van der Waals surface area contributed by atoms with E-state index in [1.807, 2.05) is 38.1 Å². The highest BCUT2D eigenvalue weighted by molar-refractivity contribution is 6.31. The lowest BCUT2D eigenvalue weighted by Crippen LogP contribution is -2.02. The number of hydrogen-bond acceptors (Lipinski definition) is 3. The van der Waals surface area contributed by atoms with Crippen LogP contribution in [0, 0.1) is 17.0 Å². The van der Waals surface area contributed by atoms with E-state index in [2.05, 4.69) is 5.10 Å². The largest absolute Gasteiger partial charge is 0.329 e. The van der Waals surface area contributed by atoms with Gasteiger partial charge in [0.1, 0.15) is 5.69 Å². The van der Waals surface area contributed by atoms with E-state index in [1.54, 1.807) is 0 Å². The Hall–Kier alpha value is -1.88. The van der Waals surface area contributed by atoms with Gasteiger partial charge in [0.15, 0.2) is 0 Å². The van der Waals surface area contributed by atoms with Crippen molar-refractivity contribution in [3.05, 3.63) is 56.4 Å². The molecule has 0 bridgehead atoms. The number of benzene rings is 1. The summed E-state index contributed by atoms with van der Waals surface area (Å²) in [7, 11) is 0. The summed E-state index contributed by atoms with van der Waals surface area (Å²) in [6, 6.07) is 7.90. The van der Waals surface area contributed by atoms with Crippen LogP contribution in [0.3, 0.4) is 0 Å². The lowest BCUT2D eigenvalue weighted by atomic mass is 10.1. The zero-order valence-electron chi connectivity index (χ0n) is 10.8. The van der Waals surface area contributed by atoms with Gasteiger partial charge in [0, 0.05) is 0 Å². The minimum atomic E-state index is -0.472. The molecule has 0 amide bonds. The van der Waals surface area contributed by atoms with Crippen LogP contribution in [0.4, 0.5) is 5.69 Å². The van der Waals surface area contributed by atoms with Crippen LogP contribution in [-0.4, -0.2) is 14.7 Å². The Morgan fingerprint density at radius 2 is 2.00 bits per heavy atom. The number of aromatic nitrogens is 2. The van der Waals surface area contributed by atoms with E-state index in [1.165, 1.54) is 4.68 Å². The van der Waals surface area contributed by atoms with Crippen molar-refractivity contribution in [2.24, 2.45) is 0 Å². The molecule has 0 aliphatic carbocycles. The topological polar surface area (TPSA) is 61.0 Å². The third-order valence-electron chi connectivity index (χ3n) is 2.91. The zero-order chi connectivity index (χ0) is 14.0. The molecule has 0 unspecified atom stereocenters. The van der Waals surface area contributed by atoms with Crippen LogP contribution >= 0.6 is 11.6 Å². The number of nitro groups is 1. The third-order valence-corrected chi connectivity index (χ3v) is 3.28. The maximum absolute atomic E-state index is 11.0. The Morgan fingerprint density at radius 1 is 1.37 bits per heavy atom.